The Morgan fingerprint density at radius 3 is 2.75 bits per heavy atom. The third-order valence-corrected chi connectivity index (χ3v) is 7.75. The predicted molar refractivity (Wildman–Crippen MR) is 95.1 cm³/mol. The number of nitrogens with zero attached hydrogens (tertiary/aromatic N) is 4. The number of hydrogen-bond acceptors (Lipinski definition) is 6. The van der Waals surface area contributed by atoms with Crippen molar-refractivity contribution in [3.8, 4) is 0 Å². The number of imidazole rings is 1. The van der Waals surface area contributed by atoms with Gasteiger partial charge in [-0.1, -0.05) is 24.2 Å². The molecule has 1 N–H and O–H groups in total. The first kappa shape index (κ1) is 16.3. The zero-order chi connectivity index (χ0) is 16.7. The second-order valence-corrected chi connectivity index (χ2v) is 9.96. The quantitative estimate of drug-likeness (QED) is 0.844. The van der Waals surface area contributed by atoms with Crippen molar-refractivity contribution in [1.82, 2.24) is 18.9 Å². The fraction of sp³-hybridized carbons (Fsp3) is 0.733. The first-order valence-corrected chi connectivity index (χ1v) is 11.1. The molecule has 2 aromatic rings. The number of nitrogens with one attached hydrogen (secondary N) is 1. The van der Waals surface area contributed by atoms with Crippen LogP contribution in [0, 0.1) is 5.92 Å². The van der Waals surface area contributed by atoms with Crippen molar-refractivity contribution in [3.63, 3.8) is 0 Å². The summed E-state index contributed by atoms with van der Waals surface area (Å²) in [6, 6.07) is 0. The SMILES string of the molecule is CCS(=O)(=O)N1CC(CNc2nn3cc(C4CCCC4)nc3s2)C1. The standard InChI is InChI=1S/C15H23N5O2S2/c1-2-24(21,22)19-8-11(9-19)7-16-14-18-20-10-13(17-15(20)23-14)12-5-3-4-6-12/h10-12H,2-9H2,1H3,(H,16,18). The van der Waals surface area contributed by atoms with E-state index in [2.05, 4.69) is 16.6 Å². The third-order valence-electron chi connectivity index (χ3n) is 5.06. The molecule has 0 aromatic carbocycles. The van der Waals surface area contributed by atoms with Crippen LogP contribution in [0.3, 0.4) is 0 Å². The fourth-order valence-corrected chi connectivity index (χ4v) is 5.54. The fourth-order valence-electron chi connectivity index (χ4n) is 3.50. The second kappa shape index (κ2) is 6.27. The van der Waals surface area contributed by atoms with Gasteiger partial charge in [-0.3, -0.25) is 0 Å². The summed E-state index contributed by atoms with van der Waals surface area (Å²) in [5.74, 6) is 1.15. The van der Waals surface area contributed by atoms with E-state index in [1.807, 2.05) is 4.52 Å². The number of sulfonamides is 1. The topological polar surface area (TPSA) is 79.6 Å². The van der Waals surface area contributed by atoms with Crippen molar-refractivity contribution in [2.24, 2.45) is 5.92 Å². The molecule has 1 aliphatic heterocycles. The molecule has 0 spiro atoms. The molecule has 24 heavy (non-hydrogen) atoms. The second-order valence-electron chi connectivity index (χ2n) is 6.75. The molecular formula is C15H23N5O2S2. The molecule has 2 aliphatic rings. The van der Waals surface area contributed by atoms with E-state index >= 15 is 0 Å². The molecule has 4 rings (SSSR count). The highest BCUT2D eigenvalue weighted by atomic mass is 32.2. The lowest BCUT2D eigenvalue weighted by molar-refractivity contribution is 0.212. The van der Waals surface area contributed by atoms with Crippen LogP contribution in [0.5, 0.6) is 0 Å². The summed E-state index contributed by atoms with van der Waals surface area (Å²) in [5.41, 5.74) is 1.18. The van der Waals surface area contributed by atoms with Gasteiger partial charge < -0.3 is 5.32 Å². The summed E-state index contributed by atoms with van der Waals surface area (Å²) in [6.45, 7) is 3.66. The molecule has 2 fully saturated rings. The lowest BCUT2D eigenvalue weighted by Gasteiger charge is -2.37. The Morgan fingerprint density at radius 2 is 2.08 bits per heavy atom. The number of hydrogen-bond donors (Lipinski definition) is 1. The van der Waals surface area contributed by atoms with Crippen LogP contribution in [0.15, 0.2) is 6.20 Å². The maximum absolute atomic E-state index is 11.7. The largest absolute Gasteiger partial charge is 0.360 e. The molecule has 9 heteroatoms. The number of anilines is 1. The molecule has 2 aromatic heterocycles. The van der Waals surface area contributed by atoms with Gasteiger partial charge >= 0.3 is 0 Å². The molecule has 0 atom stereocenters. The maximum atomic E-state index is 11.7. The van der Waals surface area contributed by atoms with Gasteiger partial charge in [-0.15, -0.1) is 5.10 Å². The molecule has 0 amide bonds. The van der Waals surface area contributed by atoms with Gasteiger partial charge in [0.15, 0.2) is 0 Å². The predicted octanol–water partition coefficient (Wildman–Crippen LogP) is 2.14. The van der Waals surface area contributed by atoms with Crippen LogP contribution in [0.2, 0.25) is 0 Å². The van der Waals surface area contributed by atoms with E-state index in [0.717, 1.165) is 16.6 Å². The van der Waals surface area contributed by atoms with Gasteiger partial charge in [0.25, 0.3) is 0 Å². The van der Waals surface area contributed by atoms with Gasteiger partial charge in [0, 0.05) is 31.5 Å². The first-order chi connectivity index (χ1) is 11.5. The number of aromatic nitrogens is 3. The molecule has 3 heterocycles. The van der Waals surface area contributed by atoms with Gasteiger partial charge in [0.05, 0.1) is 17.6 Å². The Hall–Kier alpha value is -1.19. The van der Waals surface area contributed by atoms with Crippen LogP contribution in [-0.4, -0.2) is 52.7 Å². The summed E-state index contributed by atoms with van der Waals surface area (Å²) in [6.07, 6.45) is 7.17. The first-order valence-electron chi connectivity index (χ1n) is 8.63. The Kier molecular flexibility index (Phi) is 4.26. The molecule has 0 radical (unpaired) electrons. The van der Waals surface area contributed by atoms with Crippen LogP contribution in [0.1, 0.15) is 44.2 Å². The van der Waals surface area contributed by atoms with Gasteiger partial charge in [-0.2, -0.15) is 0 Å². The zero-order valence-electron chi connectivity index (χ0n) is 13.8. The van der Waals surface area contributed by atoms with E-state index in [0.29, 0.717) is 24.9 Å². The monoisotopic (exact) mass is 369 g/mol. The molecular weight excluding hydrogens is 346 g/mol. The van der Waals surface area contributed by atoms with Crippen molar-refractivity contribution in [2.45, 2.75) is 38.5 Å². The zero-order valence-corrected chi connectivity index (χ0v) is 15.4. The van der Waals surface area contributed by atoms with E-state index in [9.17, 15) is 8.42 Å². The minimum absolute atomic E-state index is 0.181. The van der Waals surface area contributed by atoms with E-state index in [1.165, 1.54) is 31.4 Å². The molecule has 0 bridgehead atoms. The van der Waals surface area contributed by atoms with Crippen LogP contribution >= 0.6 is 11.3 Å². The normalized spacial score (nSPS) is 20.7. The van der Waals surface area contributed by atoms with E-state index in [1.54, 1.807) is 22.6 Å². The summed E-state index contributed by atoms with van der Waals surface area (Å²) in [5, 5.41) is 8.73. The smallest absolute Gasteiger partial charge is 0.214 e. The maximum Gasteiger partial charge on any atom is 0.214 e. The van der Waals surface area contributed by atoms with Crippen molar-refractivity contribution in [1.29, 1.82) is 0 Å². The molecule has 1 saturated carbocycles. The number of rotatable bonds is 6. The van der Waals surface area contributed by atoms with Crippen LogP contribution in [0.25, 0.3) is 4.96 Å². The van der Waals surface area contributed by atoms with Crippen molar-refractivity contribution in [2.75, 3.05) is 30.7 Å². The van der Waals surface area contributed by atoms with Gasteiger partial charge in [0.1, 0.15) is 0 Å². The molecule has 1 saturated heterocycles. The molecule has 1 aliphatic carbocycles. The molecule has 7 nitrogen and oxygen atoms in total. The van der Waals surface area contributed by atoms with E-state index in [4.69, 9.17) is 4.98 Å². The highest BCUT2D eigenvalue weighted by Crippen LogP contribution is 2.34. The van der Waals surface area contributed by atoms with Gasteiger partial charge in [-0.25, -0.2) is 22.2 Å². The van der Waals surface area contributed by atoms with Crippen LogP contribution < -0.4 is 5.32 Å². The summed E-state index contributed by atoms with van der Waals surface area (Å²) < 4.78 is 26.8. The van der Waals surface area contributed by atoms with E-state index < -0.39 is 10.0 Å². The van der Waals surface area contributed by atoms with Crippen molar-refractivity contribution >= 4 is 31.5 Å². The Labute approximate surface area is 146 Å². The minimum Gasteiger partial charge on any atom is -0.360 e. The summed E-state index contributed by atoms with van der Waals surface area (Å²) in [7, 11) is -3.02. The summed E-state index contributed by atoms with van der Waals surface area (Å²) in [4.78, 5) is 5.66. The van der Waals surface area contributed by atoms with Gasteiger partial charge in [0.2, 0.25) is 20.1 Å². The Balaban J connectivity index is 1.32. The third kappa shape index (κ3) is 3.04. The number of fused-ring (bicyclic) bond motifs is 1. The highest BCUT2D eigenvalue weighted by Gasteiger charge is 2.34. The lowest BCUT2D eigenvalue weighted by atomic mass is 10.0. The van der Waals surface area contributed by atoms with E-state index in [-0.39, 0.29) is 5.75 Å². The van der Waals surface area contributed by atoms with Crippen LogP contribution in [0.4, 0.5) is 5.13 Å². The van der Waals surface area contributed by atoms with Crippen molar-refractivity contribution < 1.29 is 8.42 Å². The van der Waals surface area contributed by atoms with Crippen molar-refractivity contribution in [3.05, 3.63) is 11.9 Å². The Morgan fingerprint density at radius 1 is 1.33 bits per heavy atom. The summed E-state index contributed by atoms with van der Waals surface area (Å²) >= 11 is 1.56. The molecule has 132 valence electrons. The average molecular weight is 370 g/mol. The van der Waals surface area contributed by atoms with Crippen LogP contribution in [-0.2, 0) is 10.0 Å². The average Bonchev–Trinajstić information content (AvgIpc) is 3.20. The minimum atomic E-state index is -3.02. The highest BCUT2D eigenvalue weighted by molar-refractivity contribution is 7.89. The van der Waals surface area contributed by atoms with Gasteiger partial charge in [-0.05, 0) is 19.8 Å². The lowest BCUT2D eigenvalue weighted by Crippen LogP contribution is -2.52. The molecule has 0 unspecified atom stereocenters. The Bertz CT molecular complexity index is 785.